The number of carbonyl (C=O) groups excluding carboxylic acids is 6. The van der Waals surface area contributed by atoms with Gasteiger partial charge in [0.1, 0.15) is 23.8 Å². The summed E-state index contributed by atoms with van der Waals surface area (Å²) in [6.07, 6.45) is -0.494. The molecule has 0 radical (unpaired) electrons. The van der Waals surface area contributed by atoms with Gasteiger partial charge in [-0.2, -0.15) is 0 Å². The third-order valence-electron chi connectivity index (χ3n) is 11.6. The molecule has 5 amide bonds. The Morgan fingerprint density at radius 1 is 0.708 bits per heavy atom. The molecule has 0 bridgehead atoms. The van der Waals surface area contributed by atoms with Crippen LogP contribution in [-0.4, -0.2) is 88.6 Å². The topological polar surface area (TPSA) is 222 Å². The van der Waals surface area contributed by atoms with E-state index in [9.17, 15) is 33.3 Å². The number of esters is 1. The second kappa shape index (κ2) is 24.6. The number of piperidine rings is 1. The maximum atomic E-state index is 14.8. The first-order valence-corrected chi connectivity index (χ1v) is 26.3. The predicted molar refractivity (Wildman–Crippen MR) is 276 cm³/mol. The Bertz CT molecular complexity index is 2530. The first kappa shape index (κ1) is 56.8. The average molecular weight is 1010 g/mol. The summed E-state index contributed by atoms with van der Waals surface area (Å²) in [6.45, 7) is 16.2. The molecule has 2 atom stereocenters. The van der Waals surface area contributed by atoms with Gasteiger partial charge in [-0.15, -0.1) is 0 Å². The van der Waals surface area contributed by atoms with Crippen LogP contribution in [-0.2, 0) is 72.7 Å². The number of ether oxygens (including phenoxy) is 2. The van der Waals surface area contributed by atoms with Crippen LogP contribution in [0.5, 0.6) is 0 Å². The highest BCUT2D eigenvalue weighted by Gasteiger charge is 2.46. The number of carbonyl (C=O) groups is 6. The minimum Gasteiger partial charge on any atom is -0.460 e. The van der Waals surface area contributed by atoms with E-state index in [-0.39, 0.29) is 58.1 Å². The summed E-state index contributed by atoms with van der Waals surface area (Å²) in [5.41, 5.74) is 4.73. The summed E-state index contributed by atoms with van der Waals surface area (Å²) in [6, 6.07) is 28.9. The van der Waals surface area contributed by atoms with Crippen molar-refractivity contribution in [3.05, 3.63) is 119 Å². The van der Waals surface area contributed by atoms with Crippen LogP contribution >= 0.6 is 7.60 Å². The van der Waals surface area contributed by atoms with Crippen molar-refractivity contribution in [2.24, 2.45) is 11.7 Å². The number of fused-ring (bicyclic) bond motifs is 1. The second-order valence-corrected chi connectivity index (χ2v) is 23.4. The van der Waals surface area contributed by atoms with Gasteiger partial charge in [0.25, 0.3) is 0 Å². The van der Waals surface area contributed by atoms with Crippen molar-refractivity contribution in [2.75, 3.05) is 19.6 Å². The number of benzene rings is 4. The quantitative estimate of drug-likeness (QED) is 0.0352. The lowest BCUT2D eigenvalue weighted by molar-refractivity contribution is -0.157. The molecule has 72 heavy (non-hydrogen) atoms. The van der Waals surface area contributed by atoms with Gasteiger partial charge in [-0.25, -0.2) is 4.79 Å². The van der Waals surface area contributed by atoms with Gasteiger partial charge in [-0.05, 0) is 127 Å². The summed E-state index contributed by atoms with van der Waals surface area (Å²) in [5.74, 6) is -4.63. The molecule has 1 aliphatic heterocycles. The molecule has 0 saturated carbocycles. The minimum absolute atomic E-state index is 0.0159. The van der Waals surface area contributed by atoms with Crippen LogP contribution in [0.25, 0.3) is 10.8 Å². The number of nitrogens with zero attached hydrogens (tertiary/aromatic N) is 1. The molecule has 0 aliphatic carbocycles. The third-order valence-corrected chi connectivity index (χ3v) is 14.0. The summed E-state index contributed by atoms with van der Waals surface area (Å²) >= 11 is 0. The van der Waals surface area contributed by atoms with Crippen LogP contribution in [0.1, 0.15) is 117 Å². The van der Waals surface area contributed by atoms with Gasteiger partial charge in [0.05, 0.1) is 36.1 Å². The lowest BCUT2D eigenvalue weighted by atomic mass is 9.84. The highest BCUT2D eigenvalue weighted by atomic mass is 31.2. The summed E-state index contributed by atoms with van der Waals surface area (Å²) < 4.78 is 37.3. The summed E-state index contributed by atoms with van der Waals surface area (Å²) in [4.78, 5) is 84.0. The molecule has 390 valence electrons. The van der Waals surface area contributed by atoms with Crippen molar-refractivity contribution in [3.63, 3.8) is 0 Å². The van der Waals surface area contributed by atoms with Crippen LogP contribution in [0.2, 0.25) is 0 Å². The Labute approximate surface area is 424 Å². The molecule has 5 N–H and O–H groups in total. The number of primary amides is 1. The molecule has 0 unspecified atom stereocenters. The lowest BCUT2D eigenvalue weighted by Gasteiger charge is -2.41. The van der Waals surface area contributed by atoms with Crippen molar-refractivity contribution in [1.82, 2.24) is 20.9 Å². The highest BCUT2D eigenvalue weighted by molar-refractivity contribution is 7.53. The Morgan fingerprint density at radius 3 is 1.92 bits per heavy atom. The predicted octanol–water partition coefficient (Wildman–Crippen LogP) is 8.45. The molecule has 5 rings (SSSR count). The van der Waals surface area contributed by atoms with Gasteiger partial charge < -0.3 is 45.1 Å². The normalized spacial score (nSPS) is 14.9. The smallest absolute Gasteiger partial charge is 0.410 e. The molecular weight excluding hydrogens is 938 g/mol. The SMILES string of the molecule is CC(C)(C)OC(=O)C[C@H](Cc1ccc(CP(=O)(OC(C)(C)C)OC(C)(C)C)cc1)C(=O)NC1(C(=O)N[C@@H](CC(N)=O)C(=O)NCCCc2cccc3ccccc23)CCN(C(=O)OCc2ccccc2)CC1. The molecule has 1 heterocycles. The van der Waals surface area contributed by atoms with E-state index < -0.39 is 84.0 Å². The van der Waals surface area contributed by atoms with E-state index in [1.54, 1.807) is 86.6 Å². The zero-order valence-electron chi connectivity index (χ0n) is 43.3. The molecule has 1 aliphatic rings. The van der Waals surface area contributed by atoms with Gasteiger partial charge in [-0.1, -0.05) is 97.1 Å². The molecule has 0 spiro atoms. The first-order chi connectivity index (χ1) is 33.7. The maximum absolute atomic E-state index is 14.8. The fraction of sp³-hybridized carbons (Fsp3) is 0.491. The summed E-state index contributed by atoms with van der Waals surface area (Å²) in [5, 5.41) is 10.7. The zero-order chi connectivity index (χ0) is 52.9. The van der Waals surface area contributed by atoms with Crippen molar-refractivity contribution >= 4 is 54.1 Å². The van der Waals surface area contributed by atoms with Gasteiger partial charge >= 0.3 is 19.7 Å². The van der Waals surface area contributed by atoms with Gasteiger partial charge in [-0.3, -0.25) is 28.5 Å². The zero-order valence-corrected chi connectivity index (χ0v) is 44.2. The van der Waals surface area contributed by atoms with E-state index in [1.807, 2.05) is 72.8 Å². The highest BCUT2D eigenvalue weighted by Crippen LogP contribution is 2.57. The number of likely N-dealkylation sites (tertiary alicyclic amines) is 1. The van der Waals surface area contributed by atoms with E-state index in [2.05, 4.69) is 16.0 Å². The molecule has 0 aromatic heterocycles. The second-order valence-electron chi connectivity index (χ2n) is 21.5. The van der Waals surface area contributed by atoms with Gasteiger partial charge in [0, 0.05) is 19.6 Å². The summed E-state index contributed by atoms with van der Waals surface area (Å²) in [7, 11) is -3.65. The molecule has 4 aromatic rings. The maximum Gasteiger partial charge on any atom is 0.410 e. The molecule has 1 saturated heterocycles. The number of rotatable bonds is 21. The number of amides is 5. The van der Waals surface area contributed by atoms with Crippen LogP contribution in [0, 0.1) is 5.92 Å². The first-order valence-electron chi connectivity index (χ1n) is 24.6. The Balaban J connectivity index is 1.38. The number of nitrogens with two attached hydrogens (primary N) is 1. The molecular formula is C55H74N5O11P. The lowest BCUT2D eigenvalue weighted by Crippen LogP contribution is -2.66. The Morgan fingerprint density at radius 2 is 1.31 bits per heavy atom. The number of hydrogen-bond acceptors (Lipinski definition) is 11. The largest absolute Gasteiger partial charge is 0.460 e. The van der Waals surface area contributed by atoms with Gasteiger partial charge in [0.15, 0.2) is 0 Å². The number of hydrogen-bond donors (Lipinski definition) is 4. The molecule has 17 heteroatoms. The van der Waals surface area contributed by atoms with Crippen LogP contribution < -0.4 is 21.7 Å². The Kier molecular flexibility index (Phi) is 19.4. The minimum atomic E-state index is -3.65. The van der Waals surface area contributed by atoms with Crippen LogP contribution in [0.4, 0.5) is 4.79 Å². The fourth-order valence-electron chi connectivity index (χ4n) is 8.51. The average Bonchev–Trinajstić information content (AvgIpc) is 3.28. The van der Waals surface area contributed by atoms with Crippen LogP contribution in [0.15, 0.2) is 97.1 Å². The van der Waals surface area contributed by atoms with Crippen LogP contribution in [0.3, 0.4) is 0 Å². The van der Waals surface area contributed by atoms with Crippen molar-refractivity contribution in [3.8, 4) is 0 Å². The van der Waals surface area contributed by atoms with Crippen molar-refractivity contribution in [2.45, 2.75) is 148 Å². The Hall–Kier alpha value is -6.09. The van der Waals surface area contributed by atoms with Crippen molar-refractivity contribution in [1.29, 1.82) is 0 Å². The van der Waals surface area contributed by atoms with E-state index in [0.717, 1.165) is 21.9 Å². The van der Waals surface area contributed by atoms with Crippen molar-refractivity contribution < 1.29 is 51.9 Å². The van der Waals surface area contributed by atoms with E-state index in [0.29, 0.717) is 24.0 Å². The van der Waals surface area contributed by atoms with E-state index >= 15 is 0 Å². The molecule has 4 aromatic carbocycles. The van der Waals surface area contributed by atoms with Gasteiger partial charge in [0.2, 0.25) is 23.6 Å². The van der Waals surface area contributed by atoms with E-state index in [4.69, 9.17) is 24.3 Å². The number of nitrogens with one attached hydrogen (secondary N) is 3. The standard InChI is InChI=1S/C55H74N5O11P/c1-52(2,3)69-47(62)34-43(33-38-24-26-40(27-25-38)37-72(67,70-53(4,5)6)71-54(7,8)9)48(63)59-55(28-31-60(32-29-55)51(66)68-36-39-17-11-10-12-18-39)50(65)58-45(35-46(56)61)49(64)57-30-16-22-42-21-15-20-41-19-13-14-23-44(41)42/h10-15,17-21,23-27,43,45H,16,22,28-37H2,1-9H3,(H2,56,61)(H,57,64)(H,58,65)(H,59,63)/t43-,45-/m0/s1. The number of aryl methyl sites for hydroxylation is 1. The molecule has 16 nitrogen and oxygen atoms in total. The monoisotopic (exact) mass is 1010 g/mol. The van der Waals surface area contributed by atoms with E-state index in [1.165, 1.54) is 4.90 Å². The molecule has 1 fully saturated rings. The third kappa shape index (κ3) is 18.2. The fourth-order valence-corrected chi connectivity index (χ4v) is 11.0.